The first kappa shape index (κ1) is 18.7. The highest BCUT2D eigenvalue weighted by molar-refractivity contribution is 5.80. The largest absolute Gasteiger partial charge is 0.497 e. The van der Waals surface area contributed by atoms with Crippen molar-refractivity contribution in [2.75, 3.05) is 40.4 Å². The minimum Gasteiger partial charge on any atom is -0.497 e. The van der Waals surface area contributed by atoms with Gasteiger partial charge in [0, 0.05) is 39.0 Å². The molecule has 2 aliphatic rings. The second-order valence-corrected chi connectivity index (χ2v) is 7.47. The van der Waals surface area contributed by atoms with E-state index in [4.69, 9.17) is 9.47 Å². The molecule has 5 heteroatoms. The van der Waals surface area contributed by atoms with Crippen LogP contribution >= 0.6 is 0 Å². The van der Waals surface area contributed by atoms with Crippen molar-refractivity contribution < 1.29 is 9.47 Å². The first-order valence-electron chi connectivity index (χ1n) is 10.1. The highest BCUT2D eigenvalue weighted by Crippen LogP contribution is 2.28. The van der Waals surface area contributed by atoms with Gasteiger partial charge in [-0.3, -0.25) is 4.99 Å². The van der Waals surface area contributed by atoms with Gasteiger partial charge in [-0.25, -0.2) is 0 Å². The van der Waals surface area contributed by atoms with E-state index in [9.17, 15) is 0 Å². The molecule has 0 aromatic heterocycles. The summed E-state index contributed by atoms with van der Waals surface area (Å²) in [6.07, 6.45) is 3.17. The molecule has 2 aromatic rings. The van der Waals surface area contributed by atoms with Crippen LogP contribution in [0.3, 0.4) is 0 Å². The summed E-state index contributed by atoms with van der Waals surface area (Å²) >= 11 is 0. The van der Waals surface area contributed by atoms with E-state index in [-0.39, 0.29) is 0 Å². The minimum atomic E-state index is 0.543. The third-order valence-corrected chi connectivity index (χ3v) is 5.74. The maximum Gasteiger partial charge on any atom is 0.193 e. The van der Waals surface area contributed by atoms with Crippen LogP contribution in [0.2, 0.25) is 0 Å². The number of likely N-dealkylation sites (tertiary alicyclic amines) is 1. The number of guanidine groups is 1. The topological polar surface area (TPSA) is 46.1 Å². The molecule has 1 saturated heterocycles. The SMILES string of the molecule is CN=C(NCCc1ccc2c(c1)CCO2)N1CCC(c2ccc(OC)cc2)C1. The monoisotopic (exact) mass is 379 g/mol. The standard InChI is InChI=1S/C23H29N3O2/c1-24-23(25-12-9-17-3-8-22-19(15-17)11-14-28-22)26-13-10-20(16-26)18-4-6-21(27-2)7-5-18/h3-8,15,20H,9-14,16H2,1-2H3,(H,24,25). The van der Waals surface area contributed by atoms with Crippen LogP contribution in [0.25, 0.3) is 0 Å². The van der Waals surface area contributed by atoms with E-state index in [2.05, 4.69) is 45.5 Å². The fraction of sp³-hybridized carbons (Fsp3) is 0.435. The Labute approximate surface area is 167 Å². The van der Waals surface area contributed by atoms with Crippen LogP contribution in [0.15, 0.2) is 47.5 Å². The van der Waals surface area contributed by atoms with Gasteiger partial charge in [-0.05, 0) is 47.7 Å². The summed E-state index contributed by atoms with van der Waals surface area (Å²) < 4.78 is 10.9. The molecule has 28 heavy (non-hydrogen) atoms. The van der Waals surface area contributed by atoms with Crippen LogP contribution in [-0.2, 0) is 12.8 Å². The molecule has 1 atom stereocenters. The highest BCUT2D eigenvalue weighted by Gasteiger charge is 2.26. The summed E-state index contributed by atoms with van der Waals surface area (Å²) in [5, 5.41) is 3.54. The van der Waals surface area contributed by atoms with Gasteiger partial charge in [-0.1, -0.05) is 24.3 Å². The van der Waals surface area contributed by atoms with E-state index in [0.29, 0.717) is 5.92 Å². The zero-order chi connectivity index (χ0) is 19.3. The predicted molar refractivity (Wildman–Crippen MR) is 113 cm³/mol. The smallest absolute Gasteiger partial charge is 0.193 e. The number of aliphatic imine (C=N–C) groups is 1. The molecule has 1 N–H and O–H groups in total. The first-order chi connectivity index (χ1) is 13.8. The zero-order valence-electron chi connectivity index (χ0n) is 16.8. The average Bonchev–Trinajstić information content (AvgIpc) is 3.40. The molecule has 2 aliphatic heterocycles. The quantitative estimate of drug-likeness (QED) is 0.640. The fourth-order valence-electron chi connectivity index (χ4n) is 4.15. The lowest BCUT2D eigenvalue weighted by atomic mass is 9.98. The highest BCUT2D eigenvalue weighted by atomic mass is 16.5. The summed E-state index contributed by atoms with van der Waals surface area (Å²) in [7, 11) is 3.58. The number of methoxy groups -OCH3 is 1. The zero-order valence-corrected chi connectivity index (χ0v) is 16.8. The van der Waals surface area contributed by atoms with E-state index in [1.165, 1.54) is 16.7 Å². The van der Waals surface area contributed by atoms with E-state index in [1.807, 2.05) is 19.2 Å². The number of ether oxygens (including phenoxy) is 2. The van der Waals surface area contributed by atoms with Gasteiger partial charge in [-0.15, -0.1) is 0 Å². The molecule has 0 saturated carbocycles. The van der Waals surface area contributed by atoms with E-state index in [1.54, 1.807) is 7.11 Å². The van der Waals surface area contributed by atoms with Crippen molar-refractivity contribution in [3.63, 3.8) is 0 Å². The van der Waals surface area contributed by atoms with Crippen molar-refractivity contribution in [1.82, 2.24) is 10.2 Å². The number of rotatable bonds is 5. The molecule has 148 valence electrons. The maximum atomic E-state index is 5.59. The number of nitrogens with one attached hydrogen (secondary N) is 1. The summed E-state index contributed by atoms with van der Waals surface area (Å²) in [6, 6.07) is 15.0. The molecular formula is C23H29N3O2. The van der Waals surface area contributed by atoms with Crippen LogP contribution in [0.1, 0.15) is 29.0 Å². The van der Waals surface area contributed by atoms with Crippen molar-refractivity contribution in [2.24, 2.45) is 4.99 Å². The van der Waals surface area contributed by atoms with Crippen LogP contribution in [-0.4, -0.2) is 51.3 Å². The third kappa shape index (κ3) is 4.08. The van der Waals surface area contributed by atoms with Gasteiger partial charge in [-0.2, -0.15) is 0 Å². The Morgan fingerprint density at radius 1 is 1.25 bits per heavy atom. The van der Waals surface area contributed by atoms with Crippen molar-refractivity contribution in [2.45, 2.75) is 25.2 Å². The van der Waals surface area contributed by atoms with Gasteiger partial charge in [0.1, 0.15) is 11.5 Å². The van der Waals surface area contributed by atoms with Crippen LogP contribution in [0.5, 0.6) is 11.5 Å². The van der Waals surface area contributed by atoms with Crippen LogP contribution in [0, 0.1) is 0 Å². The Hall–Kier alpha value is -2.69. The molecule has 4 rings (SSSR count). The lowest BCUT2D eigenvalue weighted by molar-refractivity contribution is 0.357. The molecule has 1 fully saturated rings. The second-order valence-electron chi connectivity index (χ2n) is 7.47. The third-order valence-electron chi connectivity index (χ3n) is 5.74. The Balaban J connectivity index is 1.29. The molecule has 0 amide bonds. The van der Waals surface area contributed by atoms with Crippen molar-refractivity contribution >= 4 is 5.96 Å². The first-order valence-corrected chi connectivity index (χ1v) is 10.1. The van der Waals surface area contributed by atoms with Gasteiger partial charge in [0.05, 0.1) is 13.7 Å². The Morgan fingerprint density at radius 3 is 2.89 bits per heavy atom. The van der Waals surface area contributed by atoms with Crippen molar-refractivity contribution in [3.8, 4) is 11.5 Å². The van der Waals surface area contributed by atoms with Crippen LogP contribution in [0.4, 0.5) is 0 Å². The van der Waals surface area contributed by atoms with Gasteiger partial charge in [0.2, 0.25) is 0 Å². The Bertz CT molecular complexity index is 832. The number of nitrogens with zero attached hydrogens (tertiary/aromatic N) is 2. The van der Waals surface area contributed by atoms with E-state index in [0.717, 1.165) is 63.0 Å². The minimum absolute atomic E-state index is 0.543. The van der Waals surface area contributed by atoms with E-state index < -0.39 is 0 Å². The lowest BCUT2D eigenvalue weighted by Gasteiger charge is -2.22. The second kappa shape index (κ2) is 8.55. The molecule has 2 heterocycles. The number of hydrogen-bond donors (Lipinski definition) is 1. The number of fused-ring (bicyclic) bond motifs is 1. The molecule has 2 aromatic carbocycles. The normalized spacial score (nSPS) is 18.7. The van der Waals surface area contributed by atoms with E-state index >= 15 is 0 Å². The molecule has 1 unspecified atom stereocenters. The molecule has 5 nitrogen and oxygen atoms in total. The molecular weight excluding hydrogens is 350 g/mol. The van der Waals surface area contributed by atoms with Gasteiger partial charge >= 0.3 is 0 Å². The summed E-state index contributed by atoms with van der Waals surface area (Å²) in [6.45, 7) is 3.73. The number of benzene rings is 2. The molecule has 0 bridgehead atoms. The molecule has 0 aliphatic carbocycles. The van der Waals surface area contributed by atoms with Gasteiger partial charge in [0.25, 0.3) is 0 Å². The average molecular weight is 380 g/mol. The number of hydrogen-bond acceptors (Lipinski definition) is 3. The van der Waals surface area contributed by atoms with Crippen molar-refractivity contribution in [1.29, 1.82) is 0 Å². The van der Waals surface area contributed by atoms with Crippen LogP contribution < -0.4 is 14.8 Å². The molecule has 0 spiro atoms. The predicted octanol–water partition coefficient (Wildman–Crippen LogP) is 3.24. The lowest BCUT2D eigenvalue weighted by Crippen LogP contribution is -2.40. The van der Waals surface area contributed by atoms with Gasteiger partial charge < -0.3 is 19.7 Å². The Kier molecular flexibility index (Phi) is 5.70. The molecule has 0 radical (unpaired) electrons. The summed E-state index contributed by atoms with van der Waals surface area (Å²) in [5.41, 5.74) is 4.06. The maximum absolute atomic E-state index is 5.59. The van der Waals surface area contributed by atoms with Gasteiger partial charge in [0.15, 0.2) is 5.96 Å². The fourth-order valence-corrected chi connectivity index (χ4v) is 4.15. The summed E-state index contributed by atoms with van der Waals surface area (Å²) in [4.78, 5) is 6.87. The van der Waals surface area contributed by atoms with Crippen molar-refractivity contribution in [3.05, 3.63) is 59.2 Å². The Morgan fingerprint density at radius 2 is 2.11 bits per heavy atom. The summed E-state index contributed by atoms with van der Waals surface area (Å²) in [5.74, 6) is 3.50.